The Kier molecular flexibility index (Phi) is 11.0. The highest BCUT2D eigenvalue weighted by Crippen LogP contribution is 2.42. The molecule has 0 N–H and O–H groups in total. The fourth-order valence-electron chi connectivity index (χ4n) is 7.19. The molecule has 0 spiro atoms. The Morgan fingerprint density at radius 2 is 0.580 bits per heavy atom. The third-order valence-electron chi connectivity index (χ3n) is 10.2. The number of hydrogen-bond acceptors (Lipinski definition) is 2. The highest BCUT2D eigenvalue weighted by Gasteiger charge is 2.22. The molecule has 4 atom stereocenters. The van der Waals surface area contributed by atoms with Crippen molar-refractivity contribution in [2.75, 3.05) is 0 Å². The zero-order valence-electron chi connectivity index (χ0n) is 30.2. The van der Waals surface area contributed by atoms with Crippen molar-refractivity contribution in [1.82, 2.24) is 0 Å². The summed E-state index contributed by atoms with van der Waals surface area (Å²) in [5.41, 5.74) is 14.6. The predicted molar refractivity (Wildman–Crippen MR) is 214 cm³/mol. The van der Waals surface area contributed by atoms with Gasteiger partial charge in [-0.25, -0.2) is 0 Å². The van der Waals surface area contributed by atoms with Gasteiger partial charge in [-0.05, 0) is 58.4 Å². The number of aliphatic imine (C=N–C) groups is 2. The molecule has 2 heteroatoms. The molecule has 0 unspecified atom stereocenters. The Hall–Kier alpha value is -5.34. The first-order valence-corrected chi connectivity index (χ1v) is 17.9. The standard InChI is InChI=1S/C48H48N2/c1-33-29-43(35(3)39-19-11-7-12-20-39)47(44(30-33)36(4)40-21-13-8-14-22-40)49-27-28-50-48-45(37(5)41-23-15-9-16-24-41)31-34(2)32-46(48)38(6)42-25-17-10-18-26-42/h7-32,35-38H,1-6H3/t35-,36-,37-,38-/m0/s1. The first-order chi connectivity index (χ1) is 24.3. The zero-order chi connectivity index (χ0) is 35.0. The number of benzene rings is 6. The van der Waals surface area contributed by atoms with Crippen LogP contribution in [0.2, 0.25) is 0 Å². The number of aryl methyl sites for hydroxylation is 2. The number of rotatable bonds is 11. The van der Waals surface area contributed by atoms with E-state index in [0.717, 1.165) is 11.4 Å². The second kappa shape index (κ2) is 15.9. The topological polar surface area (TPSA) is 24.7 Å². The minimum atomic E-state index is 0.177. The van der Waals surface area contributed by atoms with Crippen LogP contribution in [0.5, 0.6) is 0 Å². The van der Waals surface area contributed by atoms with Gasteiger partial charge in [-0.2, -0.15) is 0 Å². The summed E-state index contributed by atoms with van der Waals surface area (Å²) < 4.78 is 0. The largest absolute Gasteiger partial charge is 0.255 e. The molecule has 0 heterocycles. The highest BCUT2D eigenvalue weighted by atomic mass is 14.8. The van der Waals surface area contributed by atoms with Gasteiger partial charge in [0.2, 0.25) is 0 Å². The van der Waals surface area contributed by atoms with Crippen molar-refractivity contribution in [2.45, 2.75) is 65.2 Å². The van der Waals surface area contributed by atoms with Crippen LogP contribution in [-0.2, 0) is 0 Å². The van der Waals surface area contributed by atoms with Gasteiger partial charge in [-0.15, -0.1) is 0 Å². The molecule has 0 aromatic heterocycles. The first-order valence-electron chi connectivity index (χ1n) is 17.9. The van der Waals surface area contributed by atoms with Crippen molar-refractivity contribution in [3.05, 3.63) is 201 Å². The molecule has 2 nitrogen and oxygen atoms in total. The molecule has 0 bridgehead atoms. The van der Waals surface area contributed by atoms with Crippen molar-refractivity contribution < 1.29 is 0 Å². The van der Waals surface area contributed by atoms with E-state index in [9.17, 15) is 0 Å². The van der Waals surface area contributed by atoms with Gasteiger partial charge in [0.1, 0.15) is 0 Å². The van der Waals surface area contributed by atoms with E-state index in [1.165, 1.54) is 55.6 Å². The average Bonchev–Trinajstić information content (AvgIpc) is 3.17. The summed E-state index contributed by atoms with van der Waals surface area (Å²) in [6.07, 6.45) is 3.81. The van der Waals surface area contributed by atoms with E-state index in [1.807, 2.05) is 12.4 Å². The van der Waals surface area contributed by atoms with Gasteiger partial charge in [0, 0.05) is 36.1 Å². The molecular weight excluding hydrogens is 605 g/mol. The summed E-state index contributed by atoms with van der Waals surface area (Å²) in [7, 11) is 0. The van der Waals surface area contributed by atoms with E-state index in [0.29, 0.717) is 0 Å². The zero-order valence-corrected chi connectivity index (χ0v) is 30.2. The van der Waals surface area contributed by atoms with Gasteiger partial charge in [-0.3, -0.25) is 9.98 Å². The van der Waals surface area contributed by atoms with Crippen LogP contribution in [0.25, 0.3) is 0 Å². The molecule has 0 aliphatic heterocycles. The summed E-state index contributed by atoms with van der Waals surface area (Å²) in [5, 5.41) is 0. The van der Waals surface area contributed by atoms with Crippen molar-refractivity contribution in [3.63, 3.8) is 0 Å². The third kappa shape index (κ3) is 7.76. The van der Waals surface area contributed by atoms with Crippen LogP contribution in [0.4, 0.5) is 11.4 Å². The summed E-state index contributed by atoms with van der Waals surface area (Å²) in [6.45, 7) is 13.5. The van der Waals surface area contributed by atoms with Crippen LogP contribution >= 0.6 is 0 Å². The second-order valence-corrected chi connectivity index (χ2v) is 13.7. The molecule has 0 aliphatic rings. The maximum Gasteiger partial charge on any atom is 0.0706 e. The Balaban J connectivity index is 1.47. The van der Waals surface area contributed by atoms with Gasteiger partial charge < -0.3 is 0 Å². The van der Waals surface area contributed by atoms with E-state index >= 15 is 0 Å². The molecule has 50 heavy (non-hydrogen) atoms. The Bertz CT molecular complexity index is 1780. The predicted octanol–water partition coefficient (Wildman–Crippen LogP) is 13.0. The second-order valence-electron chi connectivity index (χ2n) is 13.7. The molecule has 0 saturated heterocycles. The lowest BCUT2D eigenvalue weighted by atomic mass is 9.84. The van der Waals surface area contributed by atoms with Crippen LogP contribution < -0.4 is 0 Å². The van der Waals surface area contributed by atoms with Crippen LogP contribution in [0.15, 0.2) is 156 Å². The Labute approximate surface area is 299 Å². The molecule has 6 aromatic carbocycles. The lowest BCUT2D eigenvalue weighted by molar-refractivity contribution is 0.883. The van der Waals surface area contributed by atoms with E-state index in [-0.39, 0.29) is 23.7 Å². The lowest BCUT2D eigenvalue weighted by Crippen LogP contribution is -2.04. The number of hydrogen-bond donors (Lipinski definition) is 0. The van der Waals surface area contributed by atoms with Crippen molar-refractivity contribution in [3.8, 4) is 0 Å². The molecule has 250 valence electrons. The molecular formula is C48H48N2. The highest BCUT2D eigenvalue weighted by molar-refractivity contribution is 6.17. The summed E-state index contributed by atoms with van der Waals surface area (Å²) in [5.74, 6) is 0.706. The molecule has 6 aromatic rings. The molecule has 0 radical (unpaired) electrons. The Morgan fingerprint density at radius 3 is 0.800 bits per heavy atom. The van der Waals surface area contributed by atoms with Crippen LogP contribution in [0.1, 0.15) is 107 Å². The fourth-order valence-corrected chi connectivity index (χ4v) is 7.19. The van der Waals surface area contributed by atoms with E-state index < -0.39 is 0 Å². The molecule has 0 saturated carbocycles. The molecule has 6 rings (SSSR count). The van der Waals surface area contributed by atoms with Crippen LogP contribution in [0.3, 0.4) is 0 Å². The van der Waals surface area contributed by atoms with Crippen molar-refractivity contribution in [2.24, 2.45) is 9.98 Å². The van der Waals surface area contributed by atoms with E-state index in [4.69, 9.17) is 9.98 Å². The summed E-state index contributed by atoms with van der Waals surface area (Å²) >= 11 is 0. The van der Waals surface area contributed by atoms with Crippen molar-refractivity contribution in [1.29, 1.82) is 0 Å². The SMILES string of the molecule is Cc1cc([C@@H](C)c2ccccc2)c(N=CC=Nc2c([C@@H](C)c3ccccc3)cc(C)cc2[C@@H](C)c2ccccc2)c([C@@H](C)c2ccccc2)c1. The first kappa shape index (κ1) is 34.5. The minimum Gasteiger partial charge on any atom is -0.255 e. The normalized spacial score (nSPS) is 14.1. The number of nitrogens with zero attached hydrogens (tertiary/aromatic N) is 2. The molecule has 0 amide bonds. The Morgan fingerprint density at radius 1 is 0.360 bits per heavy atom. The van der Waals surface area contributed by atoms with Gasteiger partial charge in [-0.1, -0.05) is 184 Å². The minimum absolute atomic E-state index is 0.177. The van der Waals surface area contributed by atoms with E-state index in [2.05, 4.69) is 187 Å². The van der Waals surface area contributed by atoms with Crippen molar-refractivity contribution >= 4 is 23.8 Å². The maximum absolute atomic E-state index is 5.26. The lowest BCUT2D eigenvalue weighted by Gasteiger charge is -2.23. The van der Waals surface area contributed by atoms with E-state index in [1.54, 1.807) is 0 Å². The summed E-state index contributed by atoms with van der Waals surface area (Å²) in [6, 6.07) is 52.2. The van der Waals surface area contributed by atoms with Crippen LogP contribution in [-0.4, -0.2) is 12.4 Å². The summed E-state index contributed by atoms with van der Waals surface area (Å²) in [4.78, 5) is 10.5. The monoisotopic (exact) mass is 652 g/mol. The average molecular weight is 653 g/mol. The van der Waals surface area contributed by atoms with Crippen LogP contribution in [0, 0.1) is 13.8 Å². The third-order valence-corrected chi connectivity index (χ3v) is 10.2. The van der Waals surface area contributed by atoms with Gasteiger partial charge in [0.25, 0.3) is 0 Å². The smallest absolute Gasteiger partial charge is 0.0706 e. The van der Waals surface area contributed by atoms with Gasteiger partial charge >= 0.3 is 0 Å². The fraction of sp³-hybridized carbons (Fsp3) is 0.208. The quantitative estimate of drug-likeness (QED) is 0.124. The maximum atomic E-state index is 5.26. The molecule has 0 aliphatic carbocycles. The van der Waals surface area contributed by atoms with Gasteiger partial charge in [0.15, 0.2) is 0 Å². The molecule has 0 fully saturated rings. The van der Waals surface area contributed by atoms with Gasteiger partial charge in [0.05, 0.1) is 11.4 Å².